The molecule has 1 rings (SSSR count). The fraction of sp³-hybridized carbons (Fsp3) is 0.364. The van der Waals surface area contributed by atoms with Crippen LogP contribution in [0.25, 0.3) is 0 Å². The van der Waals surface area contributed by atoms with Crippen LogP contribution < -0.4 is 14.8 Å². The van der Waals surface area contributed by atoms with Crippen LogP contribution in [0.5, 0.6) is 0 Å². The zero-order valence-corrected chi connectivity index (χ0v) is 12.9. The second-order valence-corrected chi connectivity index (χ2v) is 6.05. The molecule has 0 aliphatic rings. The summed E-state index contributed by atoms with van der Waals surface area (Å²) < 4.78 is 64.5. The summed E-state index contributed by atoms with van der Waals surface area (Å²) in [5.41, 5.74) is -1.25. The summed E-state index contributed by atoms with van der Waals surface area (Å²) in [6.45, 7) is 1.05. The van der Waals surface area contributed by atoms with Crippen LogP contribution in [0, 0.1) is 0 Å². The minimum Gasteiger partial charge on any atom is -0.325 e. The van der Waals surface area contributed by atoms with E-state index in [9.17, 15) is 26.4 Å². The van der Waals surface area contributed by atoms with Crippen LogP contribution in [0.3, 0.4) is 0 Å². The molecule has 0 atom stereocenters. The third kappa shape index (κ3) is 5.79. The van der Waals surface area contributed by atoms with Gasteiger partial charge in [-0.1, -0.05) is 18.5 Å². The van der Waals surface area contributed by atoms with Crippen LogP contribution in [0.2, 0.25) is 5.02 Å². The second kappa shape index (κ2) is 7.27. The zero-order valence-electron chi connectivity index (χ0n) is 11.3. The molecule has 0 spiro atoms. The molecule has 1 aromatic rings. The standard InChI is InChI=1S/C11H13ClF3N3O3S/c1-2-16-22(20,21)17-6-10(19)18-7-3-4-9(12)8(5-7)11(13,14)15/h3-5,16-17H,2,6H2,1H3,(H,18,19). The van der Waals surface area contributed by atoms with Crippen molar-refractivity contribution in [2.75, 3.05) is 18.4 Å². The summed E-state index contributed by atoms with van der Waals surface area (Å²) in [5.74, 6) is -0.822. The number of halogens is 4. The van der Waals surface area contributed by atoms with Crippen LogP contribution in [-0.4, -0.2) is 27.4 Å². The molecule has 0 aliphatic heterocycles. The lowest BCUT2D eigenvalue weighted by Crippen LogP contribution is -2.40. The molecule has 0 bridgehead atoms. The smallest absolute Gasteiger partial charge is 0.325 e. The van der Waals surface area contributed by atoms with Gasteiger partial charge in [0, 0.05) is 12.2 Å². The van der Waals surface area contributed by atoms with E-state index >= 15 is 0 Å². The van der Waals surface area contributed by atoms with Crippen LogP contribution >= 0.6 is 11.6 Å². The van der Waals surface area contributed by atoms with Crippen molar-refractivity contribution in [2.45, 2.75) is 13.1 Å². The van der Waals surface area contributed by atoms with E-state index in [-0.39, 0.29) is 12.2 Å². The quantitative estimate of drug-likeness (QED) is 0.723. The van der Waals surface area contributed by atoms with Crippen molar-refractivity contribution in [3.8, 4) is 0 Å². The Labute approximate surface area is 130 Å². The molecule has 0 aromatic heterocycles. The Morgan fingerprint density at radius 3 is 2.45 bits per heavy atom. The van der Waals surface area contributed by atoms with Crippen LogP contribution in [-0.2, 0) is 21.2 Å². The molecule has 22 heavy (non-hydrogen) atoms. The Kier molecular flexibility index (Phi) is 6.17. The lowest BCUT2D eigenvalue weighted by Gasteiger charge is -2.12. The highest BCUT2D eigenvalue weighted by molar-refractivity contribution is 7.87. The molecule has 0 unspecified atom stereocenters. The first-order chi connectivity index (χ1) is 10.0. The maximum absolute atomic E-state index is 12.7. The minimum atomic E-state index is -4.66. The molecular weight excluding hydrogens is 347 g/mol. The lowest BCUT2D eigenvalue weighted by atomic mass is 10.2. The van der Waals surface area contributed by atoms with Crippen molar-refractivity contribution in [3.05, 3.63) is 28.8 Å². The van der Waals surface area contributed by atoms with E-state index in [1.54, 1.807) is 6.92 Å². The number of carbonyl (C=O) groups excluding carboxylic acids is 1. The number of hydrogen-bond donors (Lipinski definition) is 3. The Morgan fingerprint density at radius 1 is 1.27 bits per heavy atom. The summed E-state index contributed by atoms with van der Waals surface area (Å²) in [6, 6.07) is 2.83. The van der Waals surface area contributed by atoms with Crippen molar-refractivity contribution in [1.82, 2.24) is 9.44 Å². The summed E-state index contributed by atoms with van der Waals surface area (Å²) in [5, 5.41) is 1.64. The van der Waals surface area contributed by atoms with E-state index in [1.807, 2.05) is 4.72 Å². The minimum absolute atomic E-state index is 0.128. The van der Waals surface area contributed by atoms with E-state index < -0.39 is 39.4 Å². The van der Waals surface area contributed by atoms with Crippen molar-refractivity contribution < 1.29 is 26.4 Å². The van der Waals surface area contributed by atoms with Crippen LogP contribution in [0.1, 0.15) is 12.5 Å². The van der Waals surface area contributed by atoms with Crippen LogP contribution in [0.4, 0.5) is 18.9 Å². The molecule has 1 amide bonds. The maximum Gasteiger partial charge on any atom is 0.417 e. The van der Waals surface area contributed by atoms with Crippen molar-refractivity contribution in [3.63, 3.8) is 0 Å². The predicted molar refractivity (Wildman–Crippen MR) is 75.7 cm³/mol. The van der Waals surface area contributed by atoms with Gasteiger partial charge in [0.15, 0.2) is 0 Å². The third-order valence-corrected chi connectivity index (χ3v) is 3.84. The SMILES string of the molecule is CCNS(=O)(=O)NCC(=O)Nc1ccc(Cl)c(C(F)(F)F)c1. The van der Waals surface area contributed by atoms with E-state index in [4.69, 9.17) is 11.6 Å². The first-order valence-electron chi connectivity index (χ1n) is 5.96. The molecule has 0 radical (unpaired) electrons. The molecule has 1 aromatic carbocycles. The first kappa shape index (κ1) is 18.7. The monoisotopic (exact) mass is 359 g/mol. The number of rotatable bonds is 6. The number of nitrogens with one attached hydrogen (secondary N) is 3. The molecule has 6 nitrogen and oxygen atoms in total. The average Bonchev–Trinajstić information content (AvgIpc) is 2.37. The normalized spacial score (nSPS) is 12.2. The summed E-state index contributed by atoms with van der Waals surface area (Å²) in [4.78, 5) is 11.5. The van der Waals surface area contributed by atoms with E-state index in [0.717, 1.165) is 6.07 Å². The summed E-state index contributed by atoms with van der Waals surface area (Å²) in [7, 11) is -3.82. The molecule has 0 saturated heterocycles. The number of anilines is 1. The fourth-order valence-electron chi connectivity index (χ4n) is 1.43. The van der Waals surface area contributed by atoms with Gasteiger partial charge in [-0.15, -0.1) is 0 Å². The van der Waals surface area contributed by atoms with Gasteiger partial charge in [0.05, 0.1) is 17.1 Å². The molecule has 0 aliphatic carbocycles. The van der Waals surface area contributed by atoms with Gasteiger partial charge < -0.3 is 5.32 Å². The number of hydrogen-bond acceptors (Lipinski definition) is 3. The van der Waals surface area contributed by atoms with Gasteiger partial charge in [-0.3, -0.25) is 4.79 Å². The number of alkyl halides is 3. The maximum atomic E-state index is 12.7. The van der Waals surface area contributed by atoms with Gasteiger partial charge in [-0.2, -0.15) is 26.3 Å². The Balaban J connectivity index is 2.74. The van der Waals surface area contributed by atoms with Gasteiger partial charge in [0.1, 0.15) is 0 Å². The van der Waals surface area contributed by atoms with Crippen molar-refractivity contribution in [2.24, 2.45) is 0 Å². The number of benzene rings is 1. The topological polar surface area (TPSA) is 87.3 Å². The highest BCUT2D eigenvalue weighted by atomic mass is 35.5. The molecule has 0 heterocycles. The fourth-order valence-corrected chi connectivity index (χ4v) is 2.45. The van der Waals surface area contributed by atoms with Gasteiger partial charge in [0.2, 0.25) is 5.91 Å². The largest absolute Gasteiger partial charge is 0.417 e. The predicted octanol–water partition coefficient (Wildman–Crippen LogP) is 1.74. The van der Waals surface area contributed by atoms with Gasteiger partial charge in [-0.25, -0.2) is 4.72 Å². The molecular formula is C11H13ClF3N3O3S. The highest BCUT2D eigenvalue weighted by Crippen LogP contribution is 2.36. The Bertz CT molecular complexity index is 650. The lowest BCUT2D eigenvalue weighted by molar-refractivity contribution is -0.137. The third-order valence-electron chi connectivity index (χ3n) is 2.31. The Hall–Kier alpha value is -1.36. The summed E-state index contributed by atoms with van der Waals surface area (Å²) >= 11 is 5.44. The molecule has 0 fully saturated rings. The Morgan fingerprint density at radius 2 is 1.91 bits per heavy atom. The van der Waals surface area contributed by atoms with E-state index in [2.05, 4.69) is 10.0 Å². The molecule has 3 N–H and O–H groups in total. The first-order valence-corrected chi connectivity index (χ1v) is 7.82. The van der Waals surface area contributed by atoms with Crippen molar-refractivity contribution in [1.29, 1.82) is 0 Å². The van der Waals surface area contributed by atoms with Gasteiger partial charge in [-0.05, 0) is 18.2 Å². The zero-order chi connectivity index (χ0) is 17.0. The van der Waals surface area contributed by atoms with Gasteiger partial charge in [0.25, 0.3) is 10.2 Å². The molecule has 11 heteroatoms. The number of amides is 1. The highest BCUT2D eigenvalue weighted by Gasteiger charge is 2.33. The van der Waals surface area contributed by atoms with Crippen LogP contribution in [0.15, 0.2) is 18.2 Å². The summed E-state index contributed by atoms with van der Waals surface area (Å²) in [6.07, 6.45) is -4.66. The second-order valence-electron chi connectivity index (χ2n) is 4.06. The molecule has 124 valence electrons. The van der Waals surface area contributed by atoms with Gasteiger partial charge >= 0.3 is 6.18 Å². The average molecular weight is 360 g/mol. The van der Waals surface area contributed by atoms with Crippen molar-refractivity contribution >= 4 is 33.4 Å². The van der Waals surface area contributed by atoms with E-state index in [0.29, 0.717) is 6.07 Å². The van der Waals surface area contributed by atoms with E-state index in [1.165, 1.54) is 6.07 Å². The number of carbonyl (C=O) groups is 1. The molecule has 0 saturated carbocycles.